The first-order valence-electron chi connectivity index (χ1n) is 4.30. The maximum absolute atomic E-state index is 11.1. The summed E-state index contributed by atoms with van der Waals surface area (Å²) < 4.78 is 31.2. The molecule has 0 unspecified atom stereocenters. The van der Waals surface area contributed by atoms with Gasteiger partial charge in [-0.3, -0.25) is 4.55 Å². The Bertz CT molecular complexity index is 473. The van der Waals surface area contributed by atoms with E-state index in [2.05, 4.69) is 0 Å². The van der Waals surface area contributed by atoms with E-state index >= 15 is 0 Å². The van der Waals surface area contributed by atoms with Gasteiger partial charge in [0.1, 0.15) is 0 Å². The summed E-state index contributed by atoms with van der Waals surface area (Å²) in [6, 6.07) is 1.77. The molecule has 14 heavy (non-hydrogen) atoms. The van der Waals surface area contributed by atoms with Crippen molar-refractivity contribution in [1.29, 1.82) is 0 Å². The van der Waals surface area contributed by atoms with E-state index in [1.54, 1.807) is 19.9 Å². The van der Waals surface area contributed by atoms with Gasteiger partial charge in [0.05, 0.1) is 4.90 Å². The van der Waals surface area contributed by atoms with E-state index in [-0.39, 0.29) is 4.90 Å². The molecule has 0 radical (unpaired) electrons. The van der Waals surface area contributed by atoms with Crippen LogP contribution in [-0.4, -0.2) is 13.0 Å². The molecular weight excluding hydrogens is 200 g/mol. The van der Waals surface area contributed by atoms with Crippen LogP contribution in [0, 0.1) is 27.7 Å². The standard InChI is InChI=1S/C10H14O3S/c1-6-5-7(2)10(14(11,12)13)9(4)8(6)3/h5H,1-4H3,(H,11,12,13). The van der Waals surface area contributed by atoms with Crippen LogP contribution in [0.5, 0.6) is 0 Å². The molecular formula is C10H14O3S. The smallest absolute Gasteiger partial charge is 0.282 e. The summed E-state index contributed by atoms with van der Waals surface area (Å²) in [6.07, 6.45) is 0. The van der Waals surface area contributed by atoms with Gasteiger partial charge < -0.3 is 0 Å². The molecule has 0 saturated heterocycles. The first-order valence-corrected chi connectivity index (χ1v) is 5.74. The molecule has 0 saturated carbocycles. The van der Waals surface area contributed by atoms with Crippen LogP contribution < -0.4 is 0 Å². The Kier molecular flexibility index (Phi) is 2.69. The monoisotopic (exact) mass is 214 g/mol. The van der Waals surface area contributed by atoms with Crippen molar-refractivity contribution in [2.45, 2.75) is 32.6 Å². The van der Waals surface area contributed by atoms with E-state index in [4.69, 9.17) is 4.55 Å². The van der Waals surface area contributed by atoms with Crippen LogP contribution in [0.2, 0.25) is 0 Å². The quantitative estimate of drug-likeness (QED) is 0.729. The van der Waals surface area contributed by atoms with Crippen molar-refractivity contribution in [2.75, 3.05) is 0 Å². The normalized spacial score (nSPS) is 11.8. The van der Waals surface area contributed by atoms with Gasteiger partial charge in [0.15, 0.2) is 0 Å². The largest absolute Gasteiger partial charge is 0.295 e. The fraction of sp³-hybridized carbons (Fsp3) is 0.400. The van der Waals surface area contributed by atoms with E-state index in [1.807, 2.05) is 13.8 Å². The molecule has 1 aromatic carbocycles. The highest BCUT2D eigenvalue weighted by molar-refractivity contribution is 7.86. The van der Waals surface area contributed by atoms with Crippen LogP contribution in [-0.2, 0) is 10.1 Å². The molecule has 3 nitrogen and oxygen atoms in total. The van der Waals surface area contributed by atoms with Crippen molar-refractivity contribution in [3.8, 4) is 0 Å². The Morgan fingerprint density at radius 1 is 1.00 bits per heavy atom. The van der Waals surface area contributed by atoms with Gasteiger partial charge in [-0.2, -0.15) is 8.42 Å². The minimum absolute atomic E-state index is 0.0422. The molecule has 78 valence electrons. The van der Waals surface area contributed by atoms with E-state index in [0.717, 1.165) is 11.1 Å². The summed E-state index contributed by atoms with van der Waals surface area (Å²) in [5.74, 6) is 0. The van der Waals surface area contributed by atoms with Gasteiger partial charge in [-0.05, 0) is 49.9 Å². The van der Waals surface area contributed by atoms with Gasteiger partial charge in [0, 0.05) is 0 Å². The third-order valence-corrected chi connectivity index (χ3v) is 3.69. The number of aryl methyl sites for hydroxylation is 2. The maximum Gasteiger partial charge on any atom is 0.295 e. The molecule has 0 atom stereocenters. The highest BCUT2D eigenvalue weighted by Gasteiger charge is 2.18. The molecule has 0 aliphatic carbocycles. The van der Waals surface area contributed by atoms with E-state index in [9.17, 15) is 8.42 Å². The van der Waals surface area contributed by atoms with E-state index in [1.165, 1.54) is 0 Å². The van der Waals surface area contributed by atoms with Gasteiger partial charge in [-0.1, -0.05) is 6.07 Å². The lowest BCUT2D eigenvalue weighted by atomic mass is 10.0. The lowest BCUT2D eigenvalue weighted by Crippen LogP contribution is -2.06. The Morgan fingerprint density at radius 3 is 1.93 bits per heavy atom. The highest BCUT2D eigenvalue weighted by atomic mass is 32.2. The first-order chi connectivity index (χ1) is 6.25. The van der Waals surface area contributed by atoms with Crippen molar-refractivity contribution in [1.82, 2.24) is 0 Å². The molecule has 0 bridgehead atoms. The summed E-state index contributed by atoms with van der Waals surface area (Å²) in [5.41, 5.74) is 3.16. The average Bonchev–Trinajstić information content (AvgIpc) is 1.97. The summed E-state index contributed by atoms with van der Waals surface area (Å²) in [7, 11) is -4.10. The number of benzene rings is 1. The lowest BCUT2D eigenvalue weighted by molar-refractivity contribution is 0.482. The van der Waals surface area contributed by atoms with Gasteiger partial charge in [-0.25, -0.2) is 0 Å². The average molecular weight is 214 g/mol. The van der Waals surface area contributed by atoms with Crippen LogP contribution in [0.4, 0.5) is 0 Å². The maximum atomic E-state index is 11.1. The summed E-state index contributed by atoms with van der Waals surface area (Å²) in [4.78, 5) is 0.0422. The zero-order valence-corrected chi connectivity index (χ0v) is 9.57. The Balaban J connectivity index is 3.70. The minimum Gasteiger partial charge on any atom is -0.282 e. The molecule has 0 fully saturated rings. The van der Waals surface area contributed by atoms with Crippen LogP contribution in [0.25, 0.3) is 0 Å². The van der Waals surface area contributed by atoms with Gasteiger partial charge in [0.2, 0.25) is 0 Å². The number of rotatable bonds is 1. The SMILES string of the molecule is Cc1cc(C)c(S(=O)(=O)O)c(C)c1C. The molecule has 1 rings (SSSR count). The van der Waals surface area contributed by atoms with Crippen molar-refractivity contribution >= 4 is 10.1 Å². The second kappa shape index (κ2) is 3.37. The highest BCUT2D eigenvalue weighted by Crippen LogP contribution is 2.25. The summed E-state index contributed by atoms with van der Waals surface area (Å²) >= 11 is 0. The van der Waals surface area contributed by atoms with E-state index in [0.29, 0.717) is 11.1 Å². The zero-order chi connectivity index (χ0) is 11.1. The van der Waals surface area contributed by atoms with Crippen molar-refractivity contribution in [3.63, 3.8) is 0 Å². The van der Waals surface area contributed by atoms with Crippen LogP contribution in [0.3, 0.4) is 0 Å². The predicted octanol–water partition coefficient (Wildman–Crippen LogP) is 2.17. The predicted molar refractivity (Wildman–Crippen MR) is 55.2 cm³/mol. The van der Waals surface area contributed by atoms with Crippen molar-refractivity contribution < 1.29 is 13.0 Å². The lowest BCUT2D eigenvalue weighted by Gasteiger charge is -2.12. The molecule has 0 spiro atoms. The molecule has 0 aliphatic heterocycles. The topological polar surface area (TPSA) is 54.4 Å². The molecule has 1 aromatic rings. The van der Waals surface area contributed by atoms with Crippen LogP contribution in [0.1, 0.15) is 22.3 Å². The first kappa shape index (κ1) is 11.2. The number of hydrogen-bond acceptors (Lipinski definition) is 2. The van der Waals surface area contributed by atoms with Crippen molar-refractivity contribution in [2.24, 2.45) is 0 Å². The third-order valence-electron chi connectivity index (χ3n) is 2.54. The fourth-order valence-electron chi connectivity index (χ4n) is 1.66. The Morgan fingerprint density at radius 2 is 1.50 bits per heavy atom. The minimum atomic E-state index is -4.10. The van der Waals surface area contributed by atoms with Gasteiger partial charge in [0.25, 0.3) is 10.1 Å². The molecule has 0 aliphatic rings. The molecule has 0 amide bonds. The second-order valence-corrected chi connectivity index (χ2v) is 4.92. The van der Waals surface area contributed by atoms with Gasteiger partial charge in [-0.15, -0.1) is 0 Å². The molecule has 0 aromatic heterocycles. The van der Waals surface area contributed by atoms with E-state index < -0.39 is 10.1 Å². The summed E-state index contributed by atoms with van der Waals surface area (Å²) in [5, 5.41) is 0. The second-order valence-electron chi connectivity index (χ2n) is 3.56. The molecule has 4 heteroatoms. The van der Waals surface area contributed by atoms with Crippen molar-refractivity contribution in [3.05, 3.63) is 28.3 Å². The van der Waals surface area contributed by atoms with Gasteiger partial charge >= 0.3 is 0 Å². The summed E-state index contributed by atoms with van der Waals surface area (Å²) in [6.45, 7) is 7.16. The number of hydrogen-bond donors (Lipinski definition) is 1. The molecule has 0 heterocycles. The Hall–Kier alpha value is -0.870. The molecule has 1 N–H and O–H groups in total. The third kappa shape index (κ3) is 1.81. The Labute approximate surface area is 84.5 Å². The van der Waals surface area contributed by atoms with Crippen LogP contribution >= 0.6 is 0 Å². The van der Waals surface area contributed by atoms with Crippen LogP contribution in [0.15, 0.2) is 11.0 Å². The zero-order valence-electron chi connectivity index (χ0n) is 8.75. The fourth-order valence-corrected chi connectivity index (χ4v) is 2.66.